The van der Waals surface area contributed by atoms with Gasteiger partial charge in [-0.1, -0.05) is 35.3 Å². The predicted molar refractivity (Wildman–Crippen MR) is 104 cm³/mol. The van der Waals surface area contributed by atoms with Gasteiger partial charge in [0, 0.05) is 16.1 Å². The lowest BCUT2D eigenvalue weighted by molar-refractivity contribution is 1.26. The maximum atomic E-state index is 9.57. The zero-order valence-corrected chi connectivity index (χ0v) is 15.2. The quantitative estimate of drug-likeness (QED) is 0.650. The number of nitrogens with two attached hydrogens (primary N) is 1. The van der Waals surface area contributed by atoms with Gasteiger partial charge in [-0.2, -0.15) is 10.5 Å². The minimum absolute atomic E-state index is 0.124. The smallest absolute Gasteiger partial charge is 0.142 e. The first-order chi connectivity index (χ1) is 12.5. The van der Waals surface area contributed by atoms with Crippen LogP contribution in [0.25, 0.3) is 22.4 Å². The normalized spacial score (nSPS) is 10.2. The van der Waals surface area contributed by atoms with Crippen molar-refractivity contribution < 1.29 is 0 Å². The average molecular weight is 379 g/mol. The van der Waals surface area contributed by atoms with Gasteiger partial charge >= 0.3 is 0 Å². The van der Waals surface area contributed by atoms with E-state index in [0.29, 0.717) is 38.0 Å². The molecular weight excluding hydrogens is 367 g/mol. The van der Waals surface area contributed by atoms with Gasteiger partial charge in [0.2, 0.25) is 0 Å². The lowest BCUT2D eigenvalue weighted by Crippen LogP contribution is -2.03. The highest BCUT2D eigenvalue weighted by molar-refractivity contribution is 6.36. The number of nitriles is 2. The Morgan fingerprint density at radius 3 is 2.27 bits per heavy atom. The second kappa shape index (κ2) is 7.06. The van der Waals surface area contributed by atoms with Crippen molar-refractivity contribution in [1.29, 1.82) is 10.5 Å². The van der Waals surface area contributed by atoms with E-state index in [9.17, 15) is 5.26 Å². The predicted octanol–water partition coefficient (Wildman–Crippen LogP) is 5.36. The van der Waals surface area contributed by atoms with Crippen LogP contribution in [-0.2, 0) is 0 Å². The number of nitrogens with zero attached hydrogens (tertiary/aromatic N) is 3. The average Bonchev–Trinajstić information content (AvgIpc) is 2.63. The highest BCUT2D eigenvalue weighted by Gasteiger charge is 2.19. The van der Waals surface area contributed by atoms with Gasteiger partial charge in [-0.25, -0.2) is 4.98 Å². The number of halogens is 2. The Labute approximate surface area is 161 Å². The molecular formula is C20H12Cl2N4. The molecule has 126 valence electrons. The first kappa shape index (κ1) is 17.8. The highest BCUT2D eigenvalue weighted by Crippen LogP contribution is 2.38. The number of rotatable bonds is 2. The minimum atomic E-state index is 0.124. The molecule has 2 N–H and O–H groups in total. The number of hydrogen-bond acceptors (Lipinski definition) is 4. The van der Waals surface area contributed by atoms with E-state index in [1.54, 1.807) is 42.5 Å². The SMILES string of the molecule is Cc1c(-c2ccc(Cl)cc2Cl)nc(N)c(C#N)c1-c1ccc(C#N)cc1. The second-order valence-corrected chi connectivity index (χ2v) is 6.49. The van der Waals surface area contributed by atoms with Crippen LogP contribution in [0.2, 0.25) is 10.0 Å². The number of anilines is 1. The largest absolute Gasteiger partial charge is 0.383 e. The summed E-state index contributed by atoms with van der Waals surface area (Å²) in [6.07, 6.45) is 0. The van der Waals surface area contributed by atoms with Crippen LogP contribution in [-0.4, -0.2) is 4.98 Å². The second-order valence-electron chi connectivity index (χ2n) is 5.65. The van der Waals surface area contributed by atoms with Gasteiger partial charge < -0.3 is 5.73 Å². The summed E-state index contributed by atoms with van der Waals surface area (Å²) in [4.78, 5) is 4.40. The molecule has 3 rings (SSSR count). The molecule has 0 aliphatic carbocycles. The van der Waals surface area contributed by atoms with Crippen LogP contribution < -0.4 is 5.73 Å². The summed E-state index contributed by atoms with van der Waals surface area (Å²) in [5.41, 5.74) is 10.4. The summed E-state index contributed by atoms with van der Waals surface area (Å²) in [5.74, 6) is 0.124. The van der Waals surface area contributed by atoms with E-state index < -0.39 is 0 Å². The lowest BCUT2D eigenvalue weighted by Gasteiger charge is -2.16. The van der Waals surface area contributed by atoms with E-state index in [0.717, 1.165) is 11.1 Å². The Bertz CT molecular complexity index is 1090. The van der Waals surface area contributed by atoms with E-state index in [-0.39, 0.29) is 5.82 Å². The molecule has 6 heteroatoms. The van der Waals surface area contributed by atoms with Crippen molar-refractivity contribution in [3.63, 3.8) is 0 Å². The molecule has 0 fully saturated rings. The molecule has 3 aromatic rings. The monoisotopic (exact) mass is 378 g/mol. The van der Waals surface area contributed by atoms with Crippen molar-refractivity contribution in [1.82, 2.24) is 4.98 Å². The summed E-state index contributed by atoms with van der Waals surface area (Å²) >= 11 is 12.3. The summed E-state index contributed by atoms with van der Waals surface area (Å²) < 4.78 is 0. The van der Waals surface area contributed by atoms with Gasteiger partial charge in [-0.05, 0) is 48.4 Å². The molecule has 1 heterocycles. The van der Waals surface area contributed by atoms with Crippen LogP contribution in [0.4, 0.5) is 5.82 Å². The number of nitrogen functional groups attached to an aromatic ring is 1. The van der Waals surface area contributed by atoms with Crippen molar-refractivity contribution in [3.05, 3.63) is 69.2 Å². The minimum Gasteiger partial charge on any atom is -0.383 e. The molecule has 0 amide bonds. The van der Waals surface area contributed by atoms with E-state index in [1.165, 1.54) is 0 Å². The number of pyridine rings is 1. The summed E-state index contributed by atoms with van der Waals surface area (Å²) in [5, 5.41) is 19.5. The molecule has 0 bridgehead atoms. The lowest BCUT2D eigenvalue weighted by atomic mass is 9.92. The van der Waals surface area contributed by atoms with Crippen LogP contribution in [0.3, 0.4) is 0 Å². The Morgan fingerprint density at radius 2 is 1.69 bits per heavy atom. The number of benzene rings is 2. The summed E-state index contributed by atoms with van der Waals surface area (Å²) in [6, 6.07) is 16.3. The van der Waals surface area contributed by atoms with Crippen molar-refractivity contribution in [3.8, 4) is 34.5 Å². The van der Waals surface area contributed by atoms with Gasteiger partial charge in [0.05, 0.1) is 22.3 Å². The molecule has 0 unspecified atom stereocenters. The van der Waals surface area contributed by atoms with Gasteiger partial charge in [0.15, 0.2) is 0 Å². The maximum absolute atomic E-state index is 9.57. The summed E-state index contributed by atoms with van der Waals surface area (Å²) in [6.45, 7) is 1.86. The molecule has 2 aromatic carbocycles. The molecule has 0 radical (unpaired) electrons. The Hall–Kier alpha value is -3.05. The van der Waals surface area contributed by atoms with Crippen LogP contribution in [0, 0.1) is 29.6 Å². The molecule has 0 aliphatic heterocycles. The number of hydrogen-bond donors (Lipinski definition) is 1. The van der Waals surface area contributed by atoms with Crippen molar-refractivity contribution in [2.45, 2.75) is 6.92 Å². The molecule has 0 atom stereocenters. The van der Waals surface area contributed by atoms with E-state index in [2.05, 4.69) is 17.1 Å². The molecule has 1 aromatic heterocycles. The van der Waals surface area contributed by atoms with Gasteiger partial charge in [-0.15, -0.1) is 0 Å². The van der Waals surface area contributed by atoms with Crippen molar-refractivity contribution in [2.24, 2.45) is 0 Å². The Balaban J connectivity index is 2.31. The standard InChI is InChI=1S/C20H12Cl2N4/c1-11-18(13-4-2-12(9-23)3-5-13)16(10-24)20(25)26-19(11)15-7-6-14(21)8-17(15)22/h2-8H,1H3,(H2,25,26). The third-order valence-corrected chi connectivity index (χ3v) is 4.62. The molecule has 0 aliphatic rings. The Morgan fingerprint density at radius 1 is 1.00 bits per heavy atom. The summed E-state index contributed by atoms with van der Waals surface area (Å²) in [7, 11) is 0. The molecule has 0 spiro atoms. The van der Waals surface area contributed by atoms with Crippen molar-refractivity contribution in [2.75, 3.05) is 5.73 Å². The van der Waals surface area contributed by atoms with Crippen LogP contribution >= 0.6 is 23.2 Å². The van der Waals surface area contributed by atoms with E-state index >= 15 is 0 Å². The molecule has 0 saturated heterocycles. The fourth-order valence-electron chi connectivity index (χ4n) is 2.82. The van der Waals surface area contributed by atoms with Crippen LogP contribution in [0.5, 0.6) is 0 Å². The topological polar surface area (TPSA) is 86.5 Å². The zero-order chi connectivity index (χ0) is 18.8. The van der Waals surface area contributed by atoms with Crippen LogP contribution in [0.15, 0.2) is 42.5 Å². The molecule has 0 saturated carbocycles. The molecule has 26 heavy (non-hydrogen) atoms. The van der Waals surface area contributed by atoms with Crippen molar-refractivity contribution >= 4 is 29.0 Å². The first-order valence-electron chi connectivity index (χ1n) is 7.62. The third-order valence-electron chi connectivity index (χ3n) is 4.07. The zero-order valence-electron chi connectivity index (χ0n) is 13.7. The van der Waals surface area contributed by atoms with E-state index in [4.69, 9.17) is 34.2 Å². The maximum Gasteiger partial charge on any atom is 0.142 e. The van der Waals surface area contributed by atoms with Gasteiger partial charge in [0.25, 0.3) is 0 Å². The third kappa shape index (κ3) is 3.09. The van der Waals surface area contributed by atoms with Crippen LogP contribution in [0.1, 0.15) is 16.7 Å². The Kier molecular flexibility index (Phi) is 4.82. The first-order valence-corrected chi connectivity index (χ1v) is 8.38. The van der Waals surface area contributed by atoms with Gasteiger partial charge in [-0.3, -0.25) is 0 Å². The fourth-order valence-corrected chi connectivity index (χ4v) is 3.32. The highest BCUT2D eigenvalue weighted by atomic mass is 35.5. The van der Waals surface area contributed by atoms with E-state index in [1.807, 2.05) is 6.92 Å². The fraction of sp³-hybridized carbons (Fsp3) is 0.0500. The molecule has 4 nitrogen and oxygen atoms in total. The van der Waals surface area contributed by atoms with Gasteiger partial charge in [0.1, 0.15) is 17.5 Å². The number of aromatic nitrogens is 1.